The van der Waals surface area contributed by atoms with E-state index >= 15 is 0 Å². The molecule has 0 aliphatic rings. The summed E-state index contributed by atoms with van der Waals surface area (Å²) >= 11 is 0. The second-order valence-corrected chi connectivity index (χ2v) is 7.44. The molecule has 3 aromatic carbocycles. The van der Waals surface area contributed by atoms with Gasteiger partial charge in [0.1, 0.15) is 0 Å². The van der Waals surface area contributed by atoms with Crippen LogP contribution in [0.1, 0.15) is 16.8 Å². The van der Waals surface area contributed by atoms with Crippen molar-refractivity contribution in [2.45, 2.75) is 20.8 Å². The van der Waals surface area contributed by atoms with Gasteiger partial charge < -0.3 is 0 Å². The maximum absolute atomic E-state index is 4.96. The smallest absolute Gasteiger partial charge is 0.235 e. The highest BCUT2D eigenvalue weighted by atomic mass is 15.2. The van der Waals surface area contributed by atoms with Crippen LogP contribution in [0.3, 0.4) is 0 Å². The summed E-state index contributed by atoms with van der Waals surface area (Å²) in [5, 5.41) is 2.46. The molecule has 28 heavy (non-hydrogen) atoms. The SMILES string of the molecule is Cc1cccc(-c2cc(C)nc(-n3c4ccccc4c4cc(C)ccc43)n2)c1. The summed E-state index contributed by atoms with van der Waals surface area (Å²) in [5.74, 6) is 0.714. The third-order valence-electron chi connectivity index (χ3n) is 5.18. The predicted molar refractivity (Wildman–Crippen MR) is 116 cm³/mol. The molecule has 2 heterocycles. The Bertz CT molecular complexity index is 1350. The van der Waals surface area contributed by atoms with Crippen molar-refractivity contribution >= 4 is 21.8 Å². The van der Waals surface area contributed by atoms with Crippen molar-refractivity contribution in [1.29, 1.82) is 0 Å². The molecule has 0 bridgehead atoms. The number of fused-ring (bicyclic) bond motifs is 3. The number of hydrogen-bond donors (Lipinski definition) is 0. The van der Waals surface area contributed by atoms with E-state index < -0.39 is 0 Å². The maximum Gasteiger partial charge on any atom is 0.235 e. The van der Waals surface area contributed by atoms with Gasteiger partial charge in [-0.05, 0) is 51.1 Å². The molecule has 0 aliphatic carbocycles. The number of benzene rings is 3. The standard InChI is InChI=1S/C25H21N3/c1-16-7-6-8-19(13-16)22-15-18(3)26-25(27-22)28-23-10-5-4-9-20(23)21-14-17(2)11-12-24(21)28/h4-15H,1-3H3. The second kappa shape index (κ2) is 6.31. The first-order valence-electron chi connectivity index (χ1n) is 9.53. The monoisotopic (exact) mass is 363 g/mol. The zero-order valence-electron chi connectivity index (χ0n) is 16.3. The second-order valence-electron chi connectivity index (χ2n) is 7.44. The van der Waals surface area contributed by atoms with Crippen LogP contribution in [0.5, 0.6) is 0 Å². The molecule has 136 valence electrons. The fourth-order valence-electron chi connectivity index (χ4n) is 3.91. The Balaban J connectivity index is 1.83. The van der Waals surface area contributed by atoms with E-state index in [0.717, 1.165) is 28.0 Å². The van der Waals surface area contributed by atoms with Crippen LogP contribution in [-0.4, -0.2) is 14.5 Å². The van der Waals surface area contributed by atoms with Crippen molar-refractivity contribution in [3.05, 3.63) is 89.6 Å². The van der Waals surface area contributed by atoms with Crippen LogP contribution in [0.15, 0.2) is 72.8 Å². The molecule has 5 rings (SSSR count). The molecule has 3 nitrogen and oxygen atoms in total. The lowest BCUT2D eigenvalue weighted by molar-refractivity contribution is 0.967. The Morgan fingerprint density at radius 3 is 2.29 bits per heavy atom. The van der Waals surface area contributed by atoms with Gasteiger partial charge in [-0.2, -0.15) is 0 Å². The summed E-state index contributed by atoms with van der Waals surface area (Å²) in [6.45, 7) is 6.26. The lowest BCUT2D eigenvalue weighted by atomic mass is 10.1. The number of rotatable bonds is 2. The van der Waals surface area contributed by atoms with Gasteiger partial charge in [-0.25, -0.2) is 9.97 Å². The van der Waals surface area contributed by atoms with Gasteiger partial charge in [0.05, 0.1) is 16.7 Å². The summed E-state index contributed by atoms with van der Waals surface area (Å²) in [4.78, 5) is 9.76. The van der Waals surface area contributed by atoms with Crippen LogP contribution in [0.4, 0.5) is 0 Å². The average molecular weight is 363 g/mol. The Morgan fingerprint density at radius 1 is 0.643 bits per heavy atom. The van der Waals surface area contributed by atoms with Gasteiger partial charge in [0, 0.05) is 22.0 Å². The van der Waals surface area contributed by atoms with E-state index in [2.05, 4.69) is 91.2 Å². The van der Waals surface area contributed by atoms with E-state index in [0.29, 0.717) is 5.95 Å². The number of para-hydroxylation sites is 1. The molecule has 2 aromatic heterocycles. The van der Waals surface area contributed by atoms with Crippen molar-refractivity contribution in [2.24, 2.45) is 0 Å². The molecule has 0 spiro atoms. The normalized spacial score (nSPS) is 11.4. The third-order valence-corrected chi connectivity index (χ3v) is 5.18. The summed E-state index contributed by atoms with van der Waals surface area (Å²) in [5.41, 5.74) is 7.76. The predicted octanol–water partition coefficient (Wildman–Crippen LogP) is 6.17. The van der Waals surface area contributed by atoms with Gasteiger partial charge in [0.2, 0.25) is 5.95 Å². The summed E-state index contributed by atoms with van der Waals surface area (Å²) in [6, 6.07) is 25.5. The van der Waals surface area contributed by atoms with E-state index in [-0.39, 0.29) is 0 Å². The molecular formula is C25H21N3. The van der Waals surface area contributed by atoms with E-state index in [1.807, 2.05) is 6.92 Å². The lowest BCUT2D eigenvalue weighted by Gasteiger charge is -2.10. The number of aromatic nitrogens is 3. The van der Waals surface area contributed by atoms with Crippen LogP contribution >= 0.6 is 0 Å². The van der Waals surface area contributed by atoms with E-state index in [1.165, 1.54) is 21.9 Å². The molecule has 0 atom stereocenters. The van der Waals surface area contributed by atoms with E-state index in [9.17, 15) is 0 Å². The maximum atomic E-state index is 4.96. The molecule has 0 unspecified atom stereocenters. The third kappa shape index (κ3) is 2.67. The molecule has 0 saturated carbocycles. The van der Waals surface area contributed by atoms with Gasteiger partial charge in [-0.3, -0.25) is 4.57 Å². The topological polar surface area (TPSA) is 30.7 Å². The Morgan fingerprint density at radius 2 is 1.43 bits per heavy atom. The van der Waals surface area contributed by atoms with Gasteiger partial charge in [-0.15, -0.1) is 0 Å². The summed E-state index contributed by atoms with van der Waals surface area (Å²) in [6.07, 6.45) is 0. The zero-order valence-corrected chi connectivity index (χ0v) is 16.3. The minimum absolute atomic E-state index is 0.714. The summed E-state index contributed by atoms with van der Waals surface area (Å²) in [7, 11) is 0. The first kappa shape index (κ1) is 16.7. The Kier molecular flexibility index (Phi) is 3.76. The van der Waals surface area contributed by atoms with Crippen molar-refractivity contribution in [2.75, 3.05) is 0 Å². The minimum Gasteiger partial charge on any atom is -0.278 e. The molecule has 5 aromatic rings. The van der Waals surface area contributed by atoms with Crippen molar-refractivity contribution in [3.8, 4) is 17.2 Å². The highest BCUT2D eigenvalue weighted by Crippen LogP contribution is 2.32. The molecule has 0 aliphatic heterocycles. The first-order valence-corrected chi connectivity index (χ1v) is 9.53. The molecule has 0 radical (unpaired) electrons. The van der Waals surface area contributed by atoms with Gasteiger partial charge in [0.25, 0.3) is 0 Å². The minimum atomic E-state index is 0.714. The van der Waals surface area contributed by atoms with E-state index in [4.69, 9.17) is 9.97 Å². The highest BCUT2D eigenvalue weighted by molar-refractivity contribution is 6.09. The van der Waals surface area contributed by atoms with Crippen molar-refractivity contribution < 1.29 is 0 Å². The molecule has 0 fully saturated rings. The zero-order chi connectivity index (χ0) is 19.3. The summed E-state index contributed by atoms with van der Waals surface area (Å²) < 4.78 is 2.18. The fraction of sp³-hybridized carbons (Fsp3) is 0.120. The molecule has 0 amide bonds. The first-order chi connectivity index (χ1) is 13.6. The van der Waals surface area contributed by atoms with Gasteiger partial charge >= 0.3 is 0 Å². The average Bonchev–Trinajstić information content (AvgIpc) is 3.01. The van der Waals surface area contributed by atoms with Gasteiger partial charge in [-0.1, -0.05) is 53.6 Å². The Hall–Kier alpha value is -3.46. The van der Waals surface area contributed by atoms with Crippen LogP contribution in [0.2, 0.25) is 0 Å². The van der Waals surface area contributed by atoms with Crippen LogP contribution < -0.4 is 0 Å². The van der Waals surface area contributed by atoms with Crippen molar-refractivity contribution in [3.63, 3.8) is 0 Å². The quantitative estimate of drug-likeness (QED) is 0.376. The van der Waals surface area contributed by atoms with Gasteiger partial charge in [0.15, 0.2) is 0 Å². The highest BCUT2D eigenvalue weighted by Gasteiger charge is 2.15. The van der Waals surface area contributed by atoms with Crippen LogP contribution in [0, 0.1) is 20.8 Å². The lowest BCUT2D eigenvalue weighted by Crippen LogP contribution is -2.03. The van der Waals surface area contributed by atoms with E-state index in [1.54, 1.807) is 0 Å². The van der Waals surface area contributed by atoms with Crippen LogP contribution in [-0.2, 0) is 0 Å². The largest absolute Gasteiger partial charge is 0.278 e. The Labute approximate surface area is 164 Å². The fourth-order valence-corrected chi connectivity index (χ4v) is 3.91. The number of aryl methyl sites for hydroxylation is 3. The van der Waals surface area contributed by atoms with Crippen molar-refractivity contribution in [1.82, 2.24) is 14.5 Å². The molecule has 3 heteroatoms. The number of hydrogen-bond acceptors (Lipinski definition) is 2. The molecular weight excluding hydrogens is 342 g/mol. The van der Waals surface area contributed by atoms with Crippen LogP contribution in [0.25, 0.3) is 39.0 Å². The molecule has 0 N–H and O–H groups in total. The molecule has 0 saturated heterocycles. The number of nitrogens with zero attached hydrogens (tertiary/aromatic N) is 3.